The molecule has 4 saturated carbocycles. The van der Waals surface area contributed by atoms with Crippen LogP contribution in [0.15, 0.2) is 30.3 Å². The molecule has 160 valence electrons. The highest BCUT2D eigenvalue weighted by atomic mass is 16.5. The molecular weight excluding hydrogens is 376 g/mol. The fourth-order valence-electron chi connectivity index (χ4n) is 7.66. The Balaban J connectivity index is 1.50. The summed E-state index contributed by atoms with van der Waals surface area (Å²) < 4.78 is 6.20. The van der Waals surface area contributed by atoms with Gasteiger partial charge in [0.05, 0.1) is 5.56 Å². The van der Waals surface area contributed by atoms with E-state index in [1.807, 2.05) is 18.2 Å². The van der Waals surface area contributed by atoms with E-state index in [1.54, 1.807) is 12.1 Å². The first-order chi connectivity index (χ1) is 14.3. The Kier molecular flexibility index (Phi) is 4.68. The van der Waals surface area contributed by atoms with Gasteiger partial charge in [-0.1, -0.05) is 32.0 Å². The fraction of sp³-hybridized carbons (Fsp3) is 0.654. The molecule has 0 amide bonds. The van der Waals surface area contributed by atoms with Gasteiger partial charge in [0.25, 0.3) is 0 Å². The number of ether oxygens (including phenoxy) is 1. The van der Waals surface area contributed by atoms with E-state index in [-0.39, 0.29) is 40.7 Å². The average molecular weight is 409 g/mol. The van der Waals surface area contributed by atoms with Crippen molar-refractivity contribution in [1.29, 1.82) is 0 Å². The second kappa shape index (κ2) is 7.03. The van der Waals surface area contributed by atoms with Crippen LogP contribution in [0.2, 0.25) is 0 Å². The molecule has 4 aliphatic carbocycles. The lowest BCUT2D eigenvalue weighted by Gasteiger charge is -2.61. The van der Waals surface area contributed by atoms with Crippen LogP contribution < -0.4 is 0 Å². The largest absolute Gasteiger partial charge is 0.458 e. The number of benzene rings is 1. The molecule has 0 bridgehead atoms. The van der Waals surface area contributed by atoms with Gasteiger partial charge in [0.15, 0.2) is 0 Å². The summed E-state index contributed by atoms with van der Waals surface area (Å²) in [5, 5.41) is 0. The lowest BCUT2D eigenvalue weighted by Crippen LogP contribution is -2.59. The first-order valence-electron chi connectivity index (χ1n) is 11.6. The van der Waals surface area contributed by atoms with Gasteiger partial charge < -0.3 is 4.74 Å². The third kappa shape index (κ3) is 2.90. The maximum absolute atomic E-state index is 13.0. The van der Waals surface area contributed by atoms with Crippen LogP contribution in [0.1, 0.15) is 75.6 Å². The van der Waals surface area contributed by atoms with Crippen molar-refractivity contribution in [2.24, 2.45) is 34.5 Å². The molecule has 4 nitrogen and oxygen atoms in total. The number of esters is 1. The molecule has 0 heterocycles. The Morgan fingerprint density at radius 3 is 2.53 bits per heavy atom. The number of carbonyl (C=O) groups is 3. The van der Waals surface area contributed by atoms with E-state index in [1.165, 1.54) is 0 Å². The van der Waals surface area contributed by atoms with E-state index in [4.69, 9.17) is 4.74 Å². The summed E-state index contributed by atoms with van der Waals surface area (Å²) >= 11 is 0. The smallest absolute Gasteiger partial charge is 0.338 e. The molecule has 4 fully saturated rings. The van der Waals surface area contributed by atoms with Gasteiger partial charge in [-0.15, -0.1) is 0 Å². The van der Waals surface area contributed by atoms with E-state index < -0.39 is 0 Å². The van der Waals surface area contributed by atoms with Crippen molar-refractivity contribution in [1.82, 2.24) is 0 Å². The standard InChI is InChI=1S/C26H32O4/c1-25-12-10-18(27)14-17(25)15-21(30-24(29)16-6-4-3-5-7-16)23-19-8-9-22(28)26(19,2)13-11-20(23)25/h3-7,17,19-21,23H,8-15H2,1-2H3/t17-,19-,20-,21+,23-,25-,26-/m0/s1. The lowest BCUT2D eigenvalue weighted by atomic mass is 9.44. The molecule has 5 rings (SSSR count). The van der Waals surface area contributed by atoms with E-state index >= 15 is 0 Å². The molecule has 0 radical (unpaired) electrons. The minimum atomic E-state index is -0.276. The number of hydrogen-bond acceptors (Lipinski definition) is 4. The van der Waals surface area contributed by atoms with E-state index in [2.05, 4.69) is 13.8 Å². The summed E-state index contributed by atoms with van der Waals surface area (Å²) in [5.74, 6) is 1.66. The molecule has 7 atom stereocenters. The number of hydrogen-bond donors (Lipinski definition) is 0. The molecule has 0 saturated heterocycles. The molecule has 0 unspecified atom stereocenters. The molecule has 0 spiro atoms. The highest BCUT2D eigenvalue weighted by Crippen LogP contribution is 2.65. The second-order valence-corrected chi connectivity index (χ2v) is 10.7. The highest BCUT2D eigenvalue weighted by Gasteiger charge is 2.63. The number of Topliss-reactive ketones (excluding diaryl/α,β-unsaturated/α-hetero) is 2. The summed E-state index contributed by atoms with van der Waals surface area (Å²) in [6.07, 6.45) is 6.28. The van der Waals surface area contributed by atoms with Crippen molar-refractivity contribution < 1.29 is 19.1 Å². The second-order valence-electron chi connectivity index (χ2n) is 10.7. The highest BCUT2D eigenvalue weighted by molar-refractivity contribution is 5.89. The zero-order valence-corrected chi connectivity index (χ0v) is 18.1. The molecule has 0 N–H and O–H groups in total. The van der Waals surface area contributed by atoms with Gasteiger partial charge in [-0.3, -0.25) is 9.59 Å². The van der Waals surface area contributed by atoms with Crippen molar-refractivity contribution in [2.75, 3.05) is 0 Å². The zero-order valence-electron chi connectivity index (χ0n) is 18.1. The van der Waals surface area contributed by atoms with Crippen molar-refractivity contribution >= 4 is 17.5 Å². The first kappa shape index (κ1) is 20.0. The maximum atomic E-state index is 13.0. The normalized spacial score (nSPS) is 42.8. The summed E-state index contributed by atoms with van der Waals surface area (Å²) in [7, 11) is 0. The van der Waals surface area contributed by atoms with Gasteiger partial charge in [0.2, 0.25) is 0 Å². The fourth-order valence-corrected chi connectivity index (χ4v) is 7.66. The third-order valence-corrected chi connectivity index (χ3v) is 9.45. The quantitative estimate of drug-likeness (QED) is 0.646. The van der Waals surface area contributed by atoms with Crippen LogP contribution >= 0.6 is 0 Å². The third-order valence-electron chi connectivity index (χ3n) is 9.45. The van der Waals surface area contributed by atoms with Crippen LogP contribution in [0.25, 0.3) is 0 Å². The summed E-state index contributed by atoms with van der Waals surface area (Å²) in [6.45, 7) is 4.52. The Labute approximate surface area is 178 Å². The molecule has 4 aliphatic rings. The minimum absolute atomic E-state index is 0.112. The summed E-state index contributed by atoms with van der Waals surface area (Å²) in [5.41, 5.74) is 0.413. The molecule has 30 heavy (non-hydrogen) atoms. The van der Waals surface area contributed by atoms with E-state index in [0.29, 0.717) is 42.3 Å². The SMILES string of the molecule is C[C@]12CCC(=O)C[C@H]1C[C@@H](OC(=O)c1ccccc1)[C@@H]1[C@@H]2CC[C@]2(C)C(=O)CC[C@@H]12. The Hall–Kier alpha value is -1.97. The van der Waals surface area contributed by atoms with Gasteiger partial charge in [0.1, 0.15) is 17.7 Å². The monoisotopic (exact) mass is 408 g/mol. The average Bonchev–Trinajstić information content (AvgIpc) is 3.04. The first-order valence-corrected chi connectivity index (χ1v) is 11.6. The van der Waals surface area contributed by atoms with Crippen molar-refractivity contribution in [2.45, 2.75) is 71.3 Å². The predicted octanol–water partition coefficient (Wildman–Crippen LogP) is 5.00. The van der Waals surface area contributed by atoms with Crippen LogP contribution in [-0.2, 0) is 14.3 Å². The molecule has 1 aromatic carbocycles. The summed E-state index contributed by atoms with van der Waals surface area (Å²) in [6, 6.07) is 9.18. The summed E-state index contributed by atoms with van der Waals surface area (Å²) in [4.78, 5) is 38.1. The van der Waals surface area contributed by atoms with Gasteiger partial charge in [-0.05, 0) is 67.4 Å². The van der Waals surface area contributed by atoms with Gasteiger partial charge in [-0.25, -0.2) is 4.79 Å². The zero-order chi connectivity index (χ0) is 21.1. The van der Waals surface area contributed by atoms with Crippen LogP contribution in [0.5, 0.6) is 0 Å². The van der Waals surface area contributed by atoms with Gasteiger partial charge >= 0.3 is 5.97 Å². The van der Waals surface area contributed by atoms with Crippen molar-refractivity contribution in [3.8, 4) is 0 Å². The van der Waals surface area contributed by atoms with Gasteiger partial charge in [-0.2, -0.15) is 0 Å². The predicted molar refractivity (Wildman–Crippen MR) is 113 cm³/mol. The Morgan fingerprint density at radius 2 is 1.77 bits per heavy atom. The number of carbonyl (C=O) groups excluding carboxylic acids is 3. The van der Waals surface area contributed by atoms with Crippen LogP contribution in [0, 0.1) is 34.5 Å². The van der Waals surface area contributed by atoms with Crippen LogP contribution in [-0.4, -0.2) is 23.6 Å². The van der Waals surface area contributed by atoms with Crippen LogP contribution in [0.4, 0.5) is 0 Å². The van der Waals surface area contributed by atoms with Crippen molar-refractivity contribution in [3.05, 3.63) is 35.9 Å². The maximum Gasteiger partial charge on any atom is 0.338 e. The Bertz CT molecular complexity index is 876. The lowest BCUT2D eigenvalue weighted by molar-refractivity contribution is -0.167. The molecular formula is C26H32O4. The molecule has 0 aromatic heterocycles. The molecule has 1 aromatic rings. The Morgan fingerprint density at radius 1 is 1.00 bits per heavy atom. The van der Waals surface area contributed by atoms with E-state index in [0.717, 1.165) is 32.1 Å². The number of fused-ring (bicyclic) bond motifs is 5. The topological polar surface area (TPSA) is 60.4 Å². The minimum Gasteiger partial charge on any atom is -0.458 e. The van der Waals surface area contributed by atoms with Crippen molar-refractivity contribution in [3.63, 3.8) is 0 Å². The van der Waals surface area contributed by atoms with E-state index in [9.17, 15) is 14.4 Å². The van der Waals surface area contributed by atoms with Gasteiger partial charge in [0, 0.05) is 30.6 Å². The number of ketones is 2. The molecule has 4 heteroatoms. The number of rotatable bonds is 2. The molecule has 0 aliphatic heterocycles. The van der Waals surface area contributed by atoms with Crippen LogP contribution in [0.3, 0.4) is 0 Å².